The van der Waals surface area contributed by atoms with Crippen LogP contribution in [0, 0.1) is 0 Å². The summed E-state index contributed by atoms with van der Waals surface area (Å²) < 4.78 is 22.6. The van der Waals surface area contributed by atoms with Crippen molar-refractivity contribution in [3.05, 3.63) is 0 Å². The van der Waals surface area contributed by atoms with Gasteiger partial charge in [0, 0.05) is 6.54 Å². The summed E-state index contributed by atoms with van der Waals surface area (Å²) in [5, 5.41) is 9.32. The van der Waals surface area contributed by atoms with Gasteiger partial charge in [-0.1, -0.05) is 6.92 Å². The van der Waals surface area contributed by atoms with Crippen molar-refractivity contribution in [3.63, 3.8) is 0 Å². The lowest BCUT2D eigenvalue weighted by atomic mass is 10.5. The molecule has 0 heterocycles. The van der Waals surface area contributed by atoms with Gasteiger partial charge in [0.15, 0.2) is 15.1 Å². The molecule has 1 amide bonds. The number of carbonyl (C=O) groups is 2. The van der Waals surface area contributed by atoms with Gasteiger partial charge in [-0.25, -0.2) is 8.42 Å². The van der Waals surface area contributed by atoms with Crippen LogP contribution in [0.1, 0.15) is 20.3 Å². The average molecular weight is 237 g/mol. The van der Waals surface area contributed by atoms with Crippen molar-refractivity contribution in [3.8, 4) is 0 Å². The van der Waals surface area contributed by atoms with E-state index < -0.39 is 32.7 Å². The van der Waals surface area contributed by atoms with E-state index in [1.54, 1.807) is 0 Å². The first kappa shape index (κ1) is 13.9. The molecule has 0 fully saturated rings. The maximum atomic E-state index is 11.3. The van der Waals surface area contributed by atoms with Crippen LogP contribution in [0.4, 0.5) is 0 Å². The van der Waals surface area contributed by atoms with Crippen molar-refractivity contribution in [2.24, 2.45) is 0 Å². The zero-order chi connectivity index (χ0) is 12.1. The highest BCUT2D eigenvalue weighted by molar-refractivity contribution is 7.93. The molecule has 0 spiro atoms. The van der Waals surface area contributed by atoms with Gasteiger partial charge in [-0.3, -0.25) is 9.59 Å². The van der Waals surface area contributed by atoms with Crippen LogP contribution in [0.2, 0.25) is 0 Å². The number of carboxylic acid groups (broad SMARTS) is 1. The topological polar surface area (TPSA) is 101 Å². The molecule has 0 radical (unpaired) electrons. The first-order valence-corrected chi connectivity index (χ1v) is 6.24. The van der Waals surface area contributed by atoms with Crippen LogP contribution < -0.4 is 5.32 Å². The quantitative estimate of drug-likeness (QED) is 0.642. The number of aliphatic carboxylic acids is 1. The second-order valence-electron chi connectivity index (χ2n) is 3.14. The fraction of sp³-hybridized carbons (Fsp3) is 0.750. The lowest BCUT2D eigenvalue weighted by Crippen LogP contribution is -2.37. The molecule has 2 N–H and O–H groups in total. The van der Waals surface area contributed by atoms with Crippen molar-refractivity contribution >= 4 is 21.7 Å². The van der Waals surface area contributed by atoms with Gasteiger partial charge >= 0.3 is 5.97 Å². The Morgan fingerprint density at radius 1 is 1.40 bits per heavy atom. The summed E-state index contributed by atoms with van der Waals surface area (Å²) in [6.07, 6.45) is 0.695. The van der Waals surface area contributed by atoms with Crippen LogP contribution in [0.3, 0.4) is 0 Å². The third-order valence-electron chi connectivity index (χ3n) is 1.79. The van der Waals surface area contributed by atoms with Crippen molar-refractivity contribution in [1.82, 2.24) is 5.32 Å². The van der Waals surface area contributed by atoms with Crippen LogP contribution in [0.5, 0.6) is 0 Å². The van der Waals surface area contributed by atoms with Gasteiger partial charge in [0.1, 0.15) is 5.75 Å². The molecule has 0 aromatic carbocycles. The number of carbonyl (C=O) groups excluding carboxylic acids is 1. The van der Waals surface area contributed by atoms with Gasteiger partial charge in [0.2, 0.25) is 5.91 Å². The van der Waals surface area contributed by atoms with E-state index >= 15 is 0 Å². The number of hydrogen-bond donors (Lipinski definition) is 2. The minimum Gasteiger partial charge on any atom is -0.480 e. The van der Waals surface area contributed by atoms with Gasteiger partial charge in [-0.15, -0.1) is 0 Å². The monoisotopic (exact) mass is 237 g/mol. The number of hydrogen-bond acceptors (Lipinski definition) is 4. The third kappa shape index (κ3) is 4.78. The summed E-state index contributed by atoms with van der Waals surface area (Å²) in [6, 6.07) is 0. The second kappa shape index (κ2) is 5.69. The van der Waals surface area contributed by atoms with Gasteiger partial charge in [0.25, 0.3) is 0 Å². The SMILES string of the molecule is CCCNC(=O)CS(=O)(=O)C(C)C(=O)O. The molecule has 7 heteroatoms. The average Bonchev–Trinajstić information content (AvgIpc) is 2.12. The van der Waals surface area contributed by atoms with Crippen LogP contribution in [0.15, 0.2) is 0 Å². The molecule has 0 aliphatic rings. The van der Waals surface area contributed by atoms with E-state index in [4.69, 9.17) is 5.11 Å². The van der Waals surface area contributed by atoms with Crippen molar-refractivity contribution in [2.75, 3.05) is 12.3 Å². The molecular weight excluding hydrogens is 222 g/mol. The number of sulfone groups is 1. The van der Waals surface area contributed by atoms with Crippen molar-refractivity contribution in [2.45, 2.75) is 25.5 Å². The van der Waals surface area contributed by atoms with Crippen LogP contribution >= 0.6 is 0 Å². The van der Waals surface area contributed by atoms with E-state index in [0.717, 1.165) is 6.92 Å². The largest absolute Gasteiger partial charge is 0.480 e. The van der Waals surface area contributed by atoms with E-state index in [1.165, 1.54) is 0 Å². The first-order chi connectivity index (χ1) is 6.81. The summed E-state index contributed by atoms with van der Waals surface area (Å²) in [4.78, 5) is 21.5. The Balaban J connectivity index is 4.39. The molecule has 0 aromatic heterocycles. The molecule has 15 heavy (non-hydrogen) atoms. The van der Waals surface area contributed by atoms with Gasteiger partial charge in [0.05, 0.1) is 0 Å². The highest BCUT2D eigenvalue weighted by atomic mass is 32.2. The van der Waals surface area contributed by atoms with Crippen LogP contribution in [0.25, 0.3) is 0 Å². The molecule has 0 saturated carbocycles. The molecule has 1 unspecified atom stereocenters. The Morgan fingerprint density at radius 2 is 1.93 bits per heavy atom. The van der Waals surface area contributed by atoms with E-state index in [9.17, 15) is 18.0 Å². The van der Waals surface area contributed by atoms with E-state index in [0.29, 0.717) is 13.0 Å². The number of nitrogens with one attached hydrogen (secondary N) is 1. The molecule has 0 aromatic rings. The predicted octanol–water partition coefficient (Wildman–Crippen LogP) is -0.599. The predicted molar refractivity (Wildman–Crippen MR) is 54.2 cm³/mol. The van der Waals surface area contributed by atoms with E-state index in [1.807, 2.05) is 6.92 Å². The molecule has 0 aliphatic heterocycles. The zero-order valence-corrected chi connectivity index (χ0v) is 9.50. The summed E-state index contributed by atoms with van der Waals surface area (Å²) in [6.45, 7) is 3.26. The number of amides is 1. The molecule has 0 rings (SSSR count). The summed E-state index contributed by atoms with van der Waals surface area (Å²) >= 11 is 0. The Hall–Kier alpha value is -1.11. The minimum absolute atomic E-state index is 0.385. The number of rotatable bonds is 6. The Bertz CT molecular complexity index is 335. The van der Waals surface area contributed by atoms with E-state index in [2.05, 4.69) is 5.32 Å². The smallest absolute Gasteiger partial charge is 0.321 e. The highest BCUT2D eigenvalue weighted by Gasteiger charge is 2.29. The van der Waals surface area contributed by atoms with Gasteiger partial charge in [-0.2, -0.15) is 0 Å². The standard InChI is InChI=1S/C8H15NO5S/c1-3-4-9-7(10)5-15(13,14)6(2)8(11)12/h6H,3-5H2,1-2H3,(H,9,10)(H,11,12). The highest BCUT2D eigenvalue weighted by Crippen LogP contribution is 2.01. The molecule has 88 valence electrons. The molecule has 0 bridgehead atoms. The van der Waals surface area contributed by atoms with Crippen molar-refractivity contribution < 1.29 is 23.1 Å². The molecule has 0 aliphatic carbocycles. The fourth-order valence-corrected chi connectivity index (χ4v) is 1.80. The Kier molecular flexibility index (Phi) is 5.27. The lowest BCUT2D eigenvalue weighted by Gasteiger charge is -2.08. The second-order valence-corrected chi connectivity index (χ2v) is 5.46. The maximum Gasteiger partial charge on any atom is 0.321 e. The summed E-state index contributed by atoms with van der Waals surface area (Å²) in [7, 11) is -3.90. The van der Waals surface area contributed by atoms with Gasteiger partial charge < -0.3 is 10.4 Å². The summed E-state index contributed by atoms with van der Waals surface area (Å²) in [5.74, 6) is -2.89. The van der Waals surface area contributed by atoms with Crippen LogP contribution in [-0.4, -0.2) is 42.9 Å². The first-order valence-electron chi connectivity index (χ1n) is 4.52. The fourth-order valence-electron chi connectivity index (χ4n) is 0.777. The maximum absolute atomic E-state index is 11.3. The molecular formula is C8H15NO5S. The Morgan fingerprint density at radius 3 is 2.33 bits per heavy atom. The number of carboxylic acids is 1. The molecule has 1 atom stereocenters. The molecule has 0 saturated heterocycles. The Labute approximate surface area is 88.6 Å². The zero-order valence-electron chi connectivity index (χ0n) is 8.69. The molecule has 6 nitrogen and oxygen atoms in total. The van der Waals surface area contributed by atoms with Gasteiger partial charge in [-0.05, 0) is 13.3 Å². The lowest BCUT2D eigenvalue weighted by molar-refractivity contribution is -0.136. The third-order valence-corrected chi connectivity index (χ3v) is 3.73. The minimum atomic E-state index is -3.90. The van der Waals surface area contributed by atoms with Crippen LogP contribution in [-0.2, 0) is 19.4 Å². The normalized spacial score (nSPS) is 13.2. The van der Waals surface area contributed by atoms with E-state index in [-0.39, 0.29) is 0 Å². The summed E-state index contributed by atoms with van der Waals surface area (Å²) in [5.41, 5.74) is 0. The van der Waals surface area contributed by atoms with Crippen molar-refractivity contribution in [1.29, 1.82) is 0 Å².